The first kappa shape index (κ1) is 11.9. The van der Waals surface area contributed by atoms with Gasteiger partial charge < -0.3 is 10.6 Å². The Labute approximate surface area is 110 Å². The van der Waals surface area contributed by atoms with Gasteiger partial charge in [-0.1, -0.05) is 11.3 Å². The Balaban J connectivity index is 1.77. The summed E-state index contributed by atoms with van der Waals surface area (Å²) in [5.41, 5.74) is 5.42. The van der Waals surface area contributed by atoms with Crippen molar-refractivity contribution >= 4 is 22.4 Å². The second kappa shape index (κ2) is 4.50. The van der Waals surface area contributed by atoms with Crippen molar-refractivity contribution in [1.82, 2.24) is 10.2 Å². The molecule has 5 nitrogen and oxygen atoms in total. The molecule has 0 spiro atoms. The van der Waals surface area contributed by atoms with Gasteiger partial charge in [-0.05, 0) is 32.6 Å². The minimum Gasteiger partial charge on any atom is -0.369 e. The van der Waals surface area contributed by atoms with Gasteiger partial charge in [0.25, 0.3) is 0 Å². The molecular weight excluding hydrogens is 248 g/mol. The highest BCUT2D eigenvalue weighted by atomic mass is 32.1. The van der Waals surface area contributed by atoms with Gasteiger partial charge in [-0.3, -0.25) is 4.79 Å². The zero-order chi connectivity index (χ0) is 12.7. The van der Waals surface area contributed by atoms with E-state index in [1.165, 1.54) is 12.8 Å². The monoisotopic (exact) mass is 266 g/mol. The molecule has 2 N–H and O–H groups in total. The number of nitrogens with zero attached hydrogens (tertiary/aromatic N) is 3. The number of amides is 1. The predicted molar refractivity (Wildman–Crippen MR) is 70.6 cm³/mol. The van der Waals surface area contributed by atoms with Crippen LogP contribution in [-0.4, -0.2) is 28.7 Å². The number of aromatic nitrogens is 2. The molecule has 1 aromatic heterocycles. The van der Waals surface area contributed by atoms with E-state index < -0.39 is 0 Å². The van der Waals surface area contributed by atoms with Crippen molar-refractivity contribution in [2.24, 2.45) is 11.7 Å². The van der Waals surface area contributed by atoms with Crippen molar-refractivity contribution in [3.8, 4) is 0 Å². The SMILES string of the molecule is C[C@H]1CC[C@@H](C(N)=O)CN1c1nnc(C2CC2)s1. The van der Waals surface area contributed by atoms with Crippen molar-refractivity contribution in [3.63, 3.8) is 0 Å². The Morgan fingerprint density at radius 1 is 1.33 bits per heavy atom. The highest BCUT2D eigenvalue weighted by Crippen LogP contribution is 2.43. The molecule has 1 aromatic rings. The number of rotatable bonds is 3. The highest BCUT2D eigenvalue weighted by molar-refractivity contribution is 7.15. The van der Waals surface area contributed by atoms with Gasteiger partial charge in [-0.25, -0.2) is 0 Å². The number of primary amides is 1. The summed E-state index contributed by atoms with van der Waals surface area (Å²) in [6.07, 6.45) is 4.37. The van der Waals surface area contributed by atoms with Gasteiger partial charge in [0.15, 0.2) is 0 Å². The molecule has 6 heteroatoms. The van der Waals surface area contributed by atoms with Crippen LogP contribution in [0.25, 0.3) is 0 Å². The Bertz CT molecular complexity index is 457. The Kier molecular flexibility index (Phi) is 2.97. The fourth-order valence-corrected chi connectivity index (χ4v) is 3.57. The molecule has 0 unspecified atom stereocenters. The van der Waals surface area contributed by atoms with Crippen LogP contribution in [0.15, 0.2) is 0 Å². The lowest BCUT2D eigenvalue weighted by molar-refractivity contribution is -0.122. The van der Waals surface area contributed by atoms with Crippen LogP contribution in [0.5, 0.6) is 0 Å². The van der Waals surface area contributed by atoms with Gasteiger partial charge >= 0.3 is 0 Å². The van der Waals surface area contributed by atoms with Crippen molar-refractivity contribution in [3.05, 3.63) is 5.01 Å². The average molecular weight is 266 g/mol. The summed E-state index contributed by atoms with van der Waals surface area (Å²) in [5.74, 6) is 0.400. The number of hydrogen-bond donors (Lipinski definition) is 1. The maximum atomic E-state index is 11.3. The molecule has 98 valence electrons. The van der Waals surface area contributed by atoms with E-state index >= 15 is 0 Å². The summed E-state index contributed by atoms with van der Waals surface area (Å²) in [5, 5.41) is 10.7. The molecule has 3 rings (SSSR count). The first-order valence-corrected chi connectivity index (χ1v) is 7.36. The van der Waals surface area contributed by atoms with Crippen LogP contribution in [0.3, 0.4) is 0 Å². The number of carbonyl (C=O) groups is 1. The lowest BCUT2D eigenvalue weighted by atomic mass is 9.93. The van der Waals surface area contributed by atoms with Crippen LogP contribution < -0.4 is 10.6 Å². The molecule has 1 saturated carbocycles. The maximum absolute atomic E-state index is 11.3. The van der Waals surface area contributed by atoms with Gasteiger partial charge in [0, 0.05) is 18.5 Å². The highest BCUT2D eigenvalue weighted by Gasteiger charge is 2.33. The summed E-state index contributed by atoms with van der Waals surface area (Å²) in [4.78, 5) is 13.5. The second-order valence-corrected chi connectivity index (χ2v) is 6.36. The van der Waals surface area contributed by atoms with Gasteiger partial charge in [0.1, 0.15) is 5.01 Å². The summed E-state index contributed by atoms with van der Waals surface area (Å²) in [7, 11) is 0. The standard InChI is InChI=1S/C12H18N4OS/c1-7-2-3-9(10(13)17)6-16(7)12-15-14-11(18-12)8-4-5-8/h7-9H,2-6H2,1H3,(H2,13,17)/t7-,9+/m0/s1. The van der Waals surface area contributed by atoms with E-state index in [1.54, 1.807) is 11.3 Å². The molecule has 0 bridgehead atoms. The quantitative estimate of drug-likeness (QED) is 0.900. The van der Waals surface area contributed by atoms with Gasteiger partial charge in [0.05, 0.1) is 5.92 Å². The lowest BCUT2D eigenvalue weighted by Gasteiger charge is -2.36. The molecule has 2 heterocycles. The first-order chi connectivity index (χ1) is 8.65. The molecule has 1 saturated heterocycles. The van der Waals surface area contributed by atoms with Crippen LogP contribution in [-0.2, 0) is 4.79 Å². The van der Waals surface area contributed by atoms with Crippen LogP contribution >= 0.6 is 11.3 Å². The molecule has 2 fully saturated rings. The Hall–Kier alpha value is -1.17. The smallest absolute Gasteiger partial charge is 0.222 e. The third-order valence-corrected chi connectivity index (χ3v) is 5.01. The summed E-state index contributed by atoms with van der Waals surface area (Å²) < 4.78 is 0. The molecule has 0 radical (unpaired) electrons. The van der Waals surface area contributed by atoms with E-state index in [0.717, 1.165) is 23.0 Å². The summed E-state index contributed by atoms with van der Waals surface area (Å²) in [6, 6.07) is 0.417. The van der Waals surface area contributed by atoms with E-state index in [0.29, 0.717) is 18.5 Å². The number of hydrogen-bond acceptors (Lipinski definition) is 5. The molecule has 18 heavy (non-hydrogen) atoms. The lowest BCUT2D eigenvalue weighted by Crippen LogP contribution is -2.45. The average Bonchev–Trinajstić information content (AvgIpc) is 3.08. The Morgan fingerprint density at radius 3 is 2.78 bits per heavy atom. The minimum absolute atomic E-state index is 0.0468. The second-order valence-electron chi connectivity index (χ2n) is 5.38. The topological polar surface area (TPSA) is 72.1 Å². The summed E-state index contributed by atoms with van der Waals surface area (Å²) in [6.45, 7) is 2.87. The van der Waals surface area contributed by atoms with Crippen molar-refractivity contribution < 1.29 is 4.79 Å². The van der Waals surface area contributed by atoms with Crippen LogP contribution in [0.4, 0.5) is 5.13 Å². The van der Waals surface area contributed by atoms with Crippen molar-refractivity contribution in [2.45, 2.75) is 44.6 Å². The predicted octanol–water partition coefficient (Wildman–Crippen LogP) is 1.51. The fraction of sp³-hybridized carbons (Fsp3) is 0.750. The van der Waals surface area contributed by atoms with E-state index in [2.05, 4.69) is 22.0 Å². The maximum Gasteiger partial charge on any atom is 0.222 e. The van der Waals surface area contributed by atoms with E-state index in [9.17, 15) is 4.79 Å². The van der Waals surface area contributed by atoms with E-state index in [4.69, 9.17) is 5.73 Å². The van der Waals surface area contributed by atoms with Gasteiger partial charge in [-0.15, -0.1) is 10.2 Å². The first-order valence-electron chi connectivity index (χ1n) is 6.54. The van der Waals surface area contributed by atoms with Crippen molar-refractivity contribution in [2.75, 3.05) is 11.4 Å². The molecule has 1 aliphatic carbocycles. The van der Waals surface area contributed by atoms with Gasteiger partial charge in [0.2, 0.25) is 11.0 Å². The molecule has 0 aromatic carbocycles. The number of piperidine rings is 1. The van der Waals surface area contributed by atoms with E-state index in [1.807, 2.05) is 0 Å². The number of nitrogens with two attached hydrogens (primary N) is 1. The van der Waals surface area contributed by atoms with Crippen LogP contribution in [0.1, 0.15) is 43.5 Å². The molecule has 2 aliphatic rings. The normalized spacial score (nSPS) is 28.4. The molecular formula is C12H18N4OS. The number of anilines is 1. The Morgan fingerprint density at radius 2 is 2.11 bits per heavy atom. The summed E-state index contributed by atoms with van der Waals surface area (Å²) >= 11 is 1.68. The number of carbonyl (C=O) groups excluding carboxylic acids is 1. The third-order valence-electron chi connectivity index (χ3n) is 3.89. The third kappa shape index (κ3) is 2.21. The van der Waals surface area contributed by atoms with Crippen LogP contribution in [0, 0.1) is 5.92 Å². The van der Waals surface area contributed by atoms with Crippen LogP contribution in [0.2, 0.25) is 0 Å². The minimum atomic E-state index is -0.196. The zero-order valence-corrected chi connectivity index (χ0v) is 11.3. The zero-order valence-electron chi connectivity index (χ0n) is 10.5. The molecule has 2 atom stereocenters. The van der Waals surface area contributed by atoms with Gasteiger partial charge in [-0.2, -0.15) is 0 Å². The molecule has 1 amide bonds. The fourth-order valence-electron chi connectivity index (χ4n) is 2.44. The van der Waals surface area contributed by atoms with E-state index in [-0.39, 0.29) is 11.8 Å². The largest absolute Gasteiger partial charge is 0.369 e. The molecule has 1 aliphatic heterocycles. The van der Waals surface area contributed by atoms with Crippen molar-refractivity contribution in [1.29, 1.82) is 0 Å².